The normalized spacial score (nSPS) is 12.3. The van der Waals surface area contributed by atoms with Crippen molar-refractivity contribution in [3.63, 3.8) is 0 Å². The second kappa shape index (κ2) is 7.43. The van der Waals surface area contributed by atoms with Crippen LogP contribution in [0.1, 0.15) is 23.6 Å². The van der Waals surface area contributed by atoms with Crippen molar-refractivity contribution >= 4 is 15.9 Å². The molecule has 0 saturated heterocycles. The van der Waals surface area contributed by atoms with Crippen molar-refractivity contribution in [3.8, 4) is 5.75 Å². The molecule has 0 unspecified atom stereocenters. The number of aliphatic hydroxyl groups is 1. The summed E-state index contributed by atoms with van der Waals surface area (Å²) in [6, 6.07) is 15.2. The van der Waals surface area contributed by atoms with Crippen LogP contribution in [0.15, 0.2) is 53.0 Å². The Morgan fingerprint density at radius 2 is 1.90 bits per heavy atom. The molecule has 4 heteroatoms. The van der Waals surface area contributed by atoms with Gasteiger partial charge in [-0.3, -0.25) is 0 Å². The number of rotatable bonds is 6. The summed E-state index contributed by atoms with van der Waals surface area (Å²) in [4.78, 5) is 0. The molecule has 0 aliphatic rings. The monoisotopic (exact) mass is 335 g/mol. The minimum absolute atomic E-state index is 0.0675. The van der Waals surface area contributed by atoms with E-state index >= 15 is 0 Å². The molecule has 20 heavy (non-hydrogen) atoms. The largest absolute Gasteiger partial charge is 0.508 e. The fourth-order valence-electron chi connectivity index (χ4n) is 2.16. The van der Waals surface area contributed by atoms with E-state index in [1.807, 2.05) is 36.4 Å². The van der Waals surface area contributed by atoms with E-state index in [0.717, 1.165) is 15.6 Å². The lowest BCUT2D eigenvalue weighted by molar-refractivity contribution is 0.265. The lowest BCUT2D eigenvalue weighted by atomic mass is 10.0. The second-order valence-corrected chi connectivity index (χ2v) is 5.49. The van der Waals surface area contributed by atoms with E-state index in [9.17, 15) is 10.2 Å². The molecule has 3 N–H and O–H groups in total. The van der Waals surface area contributed by atoms with Crippen LogP contribution in [0.25, 0.3) is 0 Å². The molecule has 0 aliphatic heterocycles. The average Bonchev–Trinajstić information content (AvgIpc) is 2.44. The molecule has 2 rings (SSSR count). The third kappa shape index (κ3) is 4.07. The highest BCUT2D eigenvalue weighted by Gasteiger charge is 2.13. The predicted octanol–water partition coefficient (Wildman–Crippen LogP) is 3.37. The lowest BCUT2D eigenvalue weighted by Crippen LogP contribution is -2.22. The van der Waals surface area contributed by atoms with Crippen LogP contribution in [0.4, 0.5) is 0 Å². The zero-order chi connectivity index (χ0) is 14.4. The number of halogens is 1. The molecule has 0 aromatic heterocycles. The van der Waals surface area contributed by atoms with Crippen LogP contribution in [-0.4, -0.2) is 16.8 Å². The summed E-state index contributed by atoms with van der Waals surface area (Å²) < 4.78 is 1.03. The maximum Gasteiger partial charge on any atom is 0.115 e. The van der Waals surface area contributed by atoms with E-state index in [-0.39, 0.29) is 18.4 Å². The number of hydrogen-bond donors (Lipinski definition) is 3. The van der Waals surface area contributed by atoms with Gasteiger partial charge in [0.1, 0.15) is 5.75 Å². The standard InChI is InChI=1S/C16H18BrNO2/c17-15-7-2-1-6-14(15)16(8-9-19)18-11-12-4-3-5-13(20)10-12/h1-7,10,16,18-20H,8-9,11H2/t16-/m0/s1. The molecule has 2 aromatic rings. The number of phenolic OH excluding ortho intramolecular Hbond substituents is 1. The fraction of sp³-hybridized carbons (Fsp3) is 0.250. The van der Waals surface area contributed by atoms with Gasteiger partial charge in [-0.05, 0) is 35.7 Å². The molecule has 106 valence electrons. The predicted molar refractivity (Wildman–Crippen MR) is 83.5 cm³/mol. The summed E-state index contributed by atoms with van der Waals surface area (Å²) in [5.41, 5.74) is 2.14. The Kier molecular flexibility index (Phi) is 5.59. The molecule has 2 aromatic carbocycles. The number of hydrogen-bond acceptors (Lipinski definition) is 3. The van der Waals surface area contributed by atoms with E-state index < -0.39 is 0 Å². The highest BCUT2D eigenvalue weighted by Crippen LogP contribution is 2.25. The summed E-state index contributed by atoms with van der Waals surface area (Å²) >= 11 is 3.54. The number of aromatic hydroxyl groups is 1. The summed E-state index contributed by atoms with van der Waals surface area (Å²) in [6.07, 6.45) is 0.640. The number of benzene rings is 2. The number of nitrogens with one attached hydrogen (secondary N) is 1. The topological polar surface area (TPSA) is 52.5 Å². The molecule has 0 fully saturated rings. The molecule has 1 atom stereocenters. The van der Waals surface area contributed by atoms with Gasteiger partial charge in [-0.1, -0.05) is 46.3 Å². The molecule has 0 amide bonds. The zero-order valence-corrected chi connectivity index (χ0v) is 12.7. The van der Waals surface area contributed by atoms with E-state index in [2.05, 4.69) is 21.2 Å². The van der Waals surface area contributed by atoms with E-state index in [1.54, 1.807) is 12.1 Å². The van der Waals surface area contributed by atoms with Gasteiger partial charge in [0.05, 0.1) is 0 Å². The van der Waals surface area contributed by atoms with Crippen LogP contribution in [0.3, 0.4) is 0 Å². The van der Waals surface area contributed by atoms with Crippen LogP contribution in [0, 0.1) is 0 Å². The van der Waals surface area contributed by atoms with Crippen molar-refractivity contribution in [2.75, 3.05) is 6.61 Å². The highest BCUT2D eigenvalue weighted by atomic mass is 79.9. The highest BCUT2D eigenvalue weighted by molar-refractivity contribution is 9.10. The number of aliphatic hydroxyl groups excluding tert-OH is 1. The fourth-order valence-corrected chi connectivity index (χ4v) is 2.72. The summed E-state index contributed by atoms with van der Waals surface area (Å²) in [7, 11) is 0. The van der Waals surface area contributed by atoms with Crippen LogP contribution in [-0.2, 0) is 6.54 Å². The van der Waals surface area contributed by atoms with Gasteiger partial charge in [-0.25, -0.2) is 0 Å². The van der Waals surface area contributed by atoms with Crippen LogP contribution >= 0.6 is 15.9 Å². The van der Waals surface area contributed by atoms with Gasteiger partial charge in [0.25, 0.3) is 0 Å². The lowest BCUT2D eigenvalue weighted by Gasteiger charge is -2.19. The van der Waals surface area contributed by atoms with Gasteiger partial charge in [0.15, 0.2) is 0 Å². The average molecular weight is 336 g/mol. The Morgan fingerprint density at radius 1 is 1.10 bits per heavy atom. The molecule has 0 bridgehead atoms. The van der Waals surface area contributed by atoms with E-state index in [4.69, 9.17) is 0 Å². The molecular weight excluding hydrogens is 318 g/mol. The maximum atomic E-state index is 9.47. The van der Waals surface area contributed by atoms with Crippen molar-refractivity contribution in [2.45, 2.75) is 19.0 Å². The first-order valence-corrected chi connectivity index (χ1v) is 7.36. The van der Waals surface area contributed by atoms with Crippen molar-refractivity contribution in [3.05, 3.63) is 64.1 Å². The van der Waals surface area contributed by atoms with Crippen LogP contribution in [0.2, 0.25) is 0 Å². The third-order valence-electron chi connectivity index (χ3n) is 3.16. The Hall–Kier alpha value is -1.36. The first-order valence-electron chi connectivity index (χ1n) is 6.57. The van der Waals surface area contributed by atoms with Gasteiger partial charge < -0.3 is 15.5 Å². The van der Waals surface area contributed by atoms with E-state index in [1.165, 1.54) is 0 Å². The van der Waals surface area contributed by atoms with Gasteiger partial charge >= 0.3 is 0 Å². The first kappa shape index (κ1) is 15.0. The van der Waals surface area contributed by atoms with Crippen molar-refractivity contribution in [2.24, 2.45) is 0 Å². The maximum absolute atomic E-state index is 9.47. The zero-order valence-electron chi connectivity index (χ0n) is 11.1. The smallest absolute Gasteiger partial charge is 0.115 e. The summed E-state index contributed by atoms with van der Waals surface area (Å²) in [5, 5.41) is 22.1. The van der Waals surface area contributed by atoms with Gasteiger partial charge in [-0.2, -0.15) is 0 Å². The first-order chi connectivity index (χ1) is 9.70. The SMILES string of the molecule is OCC[C@H](NCc1cccc(O)c1)c1ccccc1Br. The molecule has 0 spiro atoms. The Bertz CT molecular complexity index is 560. The molecule has 0 aliphatic carbocycles. The van der Waals surface area contributed by atoms with Gasteiger partial charge in [-0.15, -0.1) is 0 Å². The van der Waals surface area contributed by atoms with E-state index in [0.29, 0.717) is 13.0 Å². The van der Waals surface area contributed by atoms with Crippen LogP contribution < -0.4 is 5.32 Å². The van der Waals surface area contributed by atoms with Gasteiger partial charge in [0, 0.05) is 23.7 Å². The molecule has 3 nitrogen and oxygen atoms in total. The Labute approximate surface area is 127 Å². The molecule has 0 radical (unpaired) electrons. The molecule has 0 saturated carbocycles. The van der Waals surface area contributed by atoms with Crippen molar-refractivity contribution in [1.82, 2.24) is 5.32 Å². The minimum Gasteiger partial charge on any atom is -0.508 e. The summed E-state index contributed by atoms with van der Waals surface area (Å²) in [6.45, 7) is 0.763. The third-order valence-corrected chi connectivity index (χ3v) is 3.88. The van der Waals surface area contributed by atoms with Crippen molar-refractivity contribution < 1.29 is 10.2 Å². The molecular formula is C16H18BrNO2. The van der Waals surface area contributed by atoms with Crippen LogP contribution in [0.5, 0.6) is 5.75 Å². The summed E-state index contributed by atoms with van der Waals surface area (Å²) in [5.74, 6) is 0.267. The minimum atomic E-state index is 0.0675. The Balaban J connectivity index is 2.08. The second-order valence-electron chi connectivity index (χ2n) is 4.64. The van der Waals surface area contributed by atoms with Crippen molar-refractivity contribution in [1.29, 1.82) is 0 Å². The molecule has 0 heterocycles. The quantitative estimate of drug-likeness (QED) is 0.758. The number of phenols is 1. The van der Waals surface area contributed by atoms with Gasteiger partial charge in [0.2, 0.25) is 0 Å². The Morgan fingerprint density at radius 3 is 2.60 bits per heavy atom.